The first-order valence-electron chi connectivity index (χ1n) is 11.2. The van der Waals surface area contributed by atoms with Gasteiger partial charge in [-0.2, -0.15) is 5.10 Å². The van der Waals surface area contributed by atoms with Crippen molar-refractivity contribution in [2.75, 3.05) is 19.6 Å². The van der Waals surface area contributed by atoms with Gasteiger partial charge >= 0.3 is 0 Å². The monoisotopic (exact) mass is 430 g/mol. The topological polar surface area (TPSA) is 78.1 Å². The molecule has 0 bridgehead atoms. The Morgan fingerprint density at radius 3 is 2.47 bits per heavy atom. The van der Waals surface area contributed by atoms with Crippen molar-refractivity contribution in [1.82, 2.24) is 20.4 Å². The molecule has 6 heteroatoms. The van der Waals surface area contributed by atoms with Gasteiger partial charge in [0, 0.05) is 31.7 Å². The van der Waals surface area contributed by atoms with Crippen molar-refractivity contribution in [3.05, 3.63) is 77.1 Å². The molecule has 1 aromatic heterocycles. The van der Waals surface area contributed by atoms with Crippen LogP contribution in [0.15, 0.2) is 54.6 Å². The van der Waals surface area contributed by atoms with E-state index in [1.54, 1.807) is 0 Å². The lowest BCUT2D eigenvalue weighted by Crippen LogP contribution is -2.37. The van der Waals surface area contributed by atoms with Gasteiger partial charge in [0.25, 0.3) is 0 Å². The zero-order valence-electron chi connectivity index (χ0n) is 18.7. The van der Waals surface area contributed by atoms with E-state index in [0.29, 0.717) is 38.9 Å². The first kappa shape index (κ1) is 21.8. The summed E-state index contributed by atoms with van der Waals surface area (Å²) in [5.74, 6) is -0.138. The minimum absolute atomic E-state index is 0.0222. The highest BCUT2D eigenvalue weighted by Gasteiger charge is 2.27. The van der Waals surface area contributed by atoms with Crippen LogP contribution in [-0.2, 0) is 22.4 Å². The van der Waals surface area contributed by atoms with Crippen molar-refractivity contribution in [3.63, 3.8) is 0 Å². The minimum Gasteiger partial charge on any atom is -0.354 e. The van der Waals surface area contributed by atoms with Gasteiger partial charge in [-0.25, -0.2) is 0 Å². The molecule has 0 spiro atoms. The number of benzene rings is 2. The second kappa shape index (κ2) is 9.81. The number of aromatic nitrogens is 2. The maximum absolute atomic E-state index is 12.9. The number of nitrogens with one attached hydrogen (secondary N) is 2. The first-order valence-corrected chi connectivity index (χ1v) is 11.2. The van der Waals surface area contributed by atoms with Crippen molar-refractivity contribution in [2.24, 2.45) is 5.92 Å². The van der Waals surface area contributed by atoms with Gasteiger partial charge in [-0.05, 0) is 48.9 Å². The third-order valence-corrected chi connectivity index (χ3v) is 6.26. The Morgan fingerprint density at radius 1 is 1.06 bits per heavy atom. The Kier molecular flexibility index (Phi) is 6.69. The molecule has 2 heterocycles. The van der Waals surface area contributed by atoms with Gasteiger partial charge in [0.05, 0.1) is 11.6 Å². The Hall–Kier alpha value is -3.41. The van der Waals surface area contributed by atoms with Gasteiger partial charge in [-0.3, -0.25) is 14.7 Å². The molecule has 6 nitrogen and oxygen atoms in total. The summed E-state index contributed by atoms with van der Waals surface area (Å²) in [5.41, 5.74) is 6.49. The van der Waals surface area contributed by atoms with Gasteiger partial charge in [-0.15, -0.1) is 0 Å². The number of hydrogen-bond acceptors (Lipinski definition) is 3. The molecule has 0 saturated carbocycles. The van der Waals surface area contributed by atoms with E-state index in [-0.39, 0.29) is 17.7 Å². The summed E-state index contributed by atoms with van der Waals surface area (Å²) in [4.78, 5) is 27.4. The van der Waals surface area contributed by atoms with Crippen LogP contribution in [0, 0.1) is 19.8 Å². The number of aromatic amines is 1. The van der Waals surface area contributed by atoms with Crippen molar-refractivity contribution < 1.29 is 9.59 Å². The number of carbonyl (C=O) groups excluding carboxylic acids is 2. The molecule has 166 valence electrons. The Morgan fingerprint density at radius 2 is 1.78 bits per heavy atom. The van der Waals surface area contributed by atoms with Crippen molar-refractivity contribution in [1.29, 1.82) is 0 Å². The van der Waals surface area contributed by atoms with E-state index in [1.165, 1.54) is 5.56 Å². The second-order valence-electron chi connectivity index (χ2n) is 8.51. The minimum atomic E-state index is -0.249. The summed E-state index contributed by atoms with van der Waals surface area (Å²) in [6.07, 6.45) is 1.70. The molecular weight excluding hydrogens is 400 g/mol. The highest BCUT2D eigenvalue weighted by molar-refractivity contribution is 5.82. The molecule has 2 N–H and O–H groups in total. The smallest absolute Gasteiger partial charge is 0.225 e. The molecule has 2 amide bonds. The predicted octanol–water partition coefficient (Wildman–Crippen LogP) is 3.44. The molecule has 32 heavy (non-hydrogen) atoms. The summed E-state index contributed by atoms with van der Waals surface area (Å²) < 4.78 is 0. The fourth-order valence-electron chi connectivity index (χ4n) is 4.36. The lowest BCUT2D eigenvalue weighted by molar-refractivity contribution is -0.132. The van der Waals surface area contributed by atoms with Crippen LogP contribution >= 0.6 is 0 Å². The highest BCUT2D eigenvalue weighted by atomic mass is 16.2. The maximum atomic E-state index is 12.9. The van der Waals surface area contributed by atoms with Gasteiger partial charge in [0.1, 0.15) is 0 Å². The molecule has 1 aliphatic rings. The average Bonchev–Trinajstić information content (AvgIpc) is 3.01. The summed E-state index contributed by atoms with van der Waals surface area (Å²) in [6.45, 7) is 5.44. The van der Waals surface area contributed by atoms with Gasteiger partial charge in [-0.1, -0.05) is 54.6 Å². The van der Waals surface area contributed by atoms with Crippen LogP contribution in [0.25, 0.3) is 11.1 Å². The van der Waals surface area contributed by atoms with E-state index in [4.69, 9.17) is 0 Å². The SMILES string of the molecule is Cc1n[nH]c(C)c1CCC(=O)N1CCNC(=O)[C@H](Cc2ccc(-c3ccccc3)cc2)C1. The zero-order valence-corrected chi connectivity index (χ0v) is 18.7. The van der Waals surface area contributed by atoms with E-state index >= 15 is 0 Å². The number of amides is 2. The van der Waals surface area contributed by atoms with Crippen LogP contribution in [0.4, 0.5) is 0 Å². The molecule has 4 rings (SSSR count). The van der Waals surface area contributed by atoms with Gasteiger partial charge in [0.15, 0.2) is 0 Å². The normalized spacial score (nSPS) is 16.5. The van der Waals surface area contributed by atoms with E-state index in [0.717, 1.165) is 28.1 Å². The molecule has 0 radical (unpaired) electrons. The summed E-state index contributed by atoms with van der Waals surface area (Å²) >= 11 is 0. The Bertz CT molecular complexity index is 1050. The van der Waals surface area contributed by atoms with Gasteiger partial charge < -0.3 is 10.2 Å². The number of rotatable bonds is 6. The molecule has 1 atom stereocenters. The third kappa shape index (κ3) is 5.07. The molecule has 0 aliphatic carbocycles. The van der Waals surface area contributed by atoms with E-state index in [9.17, 15) is 9.59 Å². The second-order valence-corrected chi connectivity index (χ2v) is 8.51. The van der Waals surface area contributed by atoms with Crippen LogP contribution in [-0.4, -0.2) is 46.5 Å². The fourth-order valence-corrected chi connectivity index (χ4v) is 4.36. The van der Waals surface area contributed by atoms with E-state index < -0.39 is 0 Å². The van der Waals surface area contributed by atoms with Crippen LogP contribution in [0.3, 0.4) is 0 Å². The largest absolute Gasteiger partial charge is 0.354 e. The van der Waals surface area contributed by atoms with E-state index in [2.05, 4.69) is 51.9 Å². The number of nitrogens with zero attached hydrogens (tertiary/aromatic N) is 2. The number of H-pyrrole nitrogens is 1. The number of aryl methyl sites for hydroxylation is 2. The number of hydrogen-bond donors (Lipinski definition) is 2. The zero-order chi connectivity index (χ0) is 22.5. The molecule has 1 fully saturated rings. The molecule has 2 aromatic carbocycles. The van der Waals surface area contributed by atoms with Crippen molar-refractivity contribution in [2.45, 2.75) is 33.1 Å². The Balaban J connectivity index is 1.39. The summed E-state index contributed by atoms with van der Waals surface area (Å²) in [7, 11) is 0. The van der Waals surface area contributed by atoms with Gasteiger partial charge in [0.2, 0.25) is 11.8 Å². The maximum Gasteiger partial charge on any atom is 0.225 e. The van der Waals surface area contributed by atoms with Crippen molar-refractivity contribution >= 4 is 11.8 Å². The third-order valence-electron chi connectivity index (χ3n) is 6.26. The first-order chi connectivity index (χ1) is 15.5. The average molecular weight is 431 g/mol. The lowest BCUT2D eigenvalue weighted by Gasteiger charge is -2.23. The van der Waals surface area contributed by atoms with Crippen molar-refractivity contribution in [3.8, 4) is 11.1 Å². The molecule has 0 unspecified atom stereocenters. The lowest BCUT2D eigenvalue weighted by atomic mass is 9.96. The van der Waals surface area contributed by atoms with E-state index in [1.807, 2.05) is 36.9 Å². The molecular formula is C26H30N4O2. The molecule has 1 aliphatic heterocycles. The highest BCUT2D eigenvalue weighted by Crippen LogP contribution is 2.21. The van der Waals surface area contributed by atoms with Crippen LogP contribution < -0.4 is 5.32 Å². The molecule has 3 aromatic rings. The standard InChI is InChI=1S/C26H30N4O2/c1-18-24(19(2)29-28-18)12-13-25(31)30-15-14-27-26(32)23(17-30)16-20-8-10-22(11-9-20)21-6-4-3-5-7-21/h3-11,23H,12-17H2,1-2H3,(H,27,32)(H,28,29)/t23-/m1/s1. The quantitative estimate of drug-likeness (QED) is 0.629. The predicted molar refractivity (Wildman–Crippen MR) is 125 cm³/mol. The summed E-state index contributed by atoms with van der Waals surface area (Å²) in [6, 6.07) is 18.6. The van der Waals surface area contributed by atoms with Crippen LogP contribution in [0.5, 0.6) is 0 Å². The summed E-state index contributed by atoms with van der Waals surface area (Å²) in [5, 5.41) is 10.2. The fraction of sp³-hybridized carbons (Fsp3) is 0.346. The number of carbonyl (C=O) groups is 2. The van der Waals surface area contributed by atoms with Crippen LogP contribution in [0.1, 0.15) is 28.9 Å². The Labute approximate surface area is 189 Å². The molecule has 1 saturated heterocycles. The van der Waals surface area contributed by atoms with Crippen LogP contribution in [0.2, 0.25) is 0 Å².